The van der Waals surface area contributed by atoms with Crippen LogP contribution in [0.3, 0.4) is 0 Å². The van der Waals surface area contributed by atoms with Crippen LogP contribution in [0.25, 0.3) is 0 Å². The first kappa shape index (κ1) is 24.0. The van der Waals surface area contributed by atoms with E-state index in [0.29, 0.717) is 10.7 Å². The predicted molar refractivity (Wildman–Crippen MR) is 116 cm³/mol. The van der Waals surface area contributed by atoms with Gasteiger partial charge in [0, 0.05) is 29.8 Å². The van der Waals surface area contributed by atoms with Gasteiger partial charge in [-0.1, -0.05) is 23.2 Å². The van der Waals surface area contributed by atoms with Crippen LogP contribution >= 0.6 is 23.2 Å². The fourth-order valence-electron chi connectivity index (χ4n) is 2.92. The maximum Gasteiger partial charge on any atom is 0.311 e. The Morgan fingerprint density at radius 1 is 1.12 bits per heavy atom. The Kier molecular flexibility index (Phi) is 7.46. The van der Waals surface area contributed by atoms with E-state index in [-0.39, 0.29) is 29.2 Å². The van der Waals surface area contributed by atoms with E-state index in [1.165, 1.54) is 30.3 Å². The average molecular weight is 495 g/mol. The van der Waals surface area contributed by atoms with Crippen LogP contribution in [-0.4, -0.2) is 46.8 Å². The molecule has 2 aromatic carbocycles. The number of hydrogen-bond donors (Lipinski definition) is 2. The predicted octanol–water partition coefficient (Wildman–Crippen LogP) is 2.58. The quantitative estimate of drug-likeness (QED) is 0.341. The standard InChI is InChI=1S/C20H16Cl2N4O7/c21-15-6-3-13(8-16(15)22)23-17(27)10-33-20(30)12-7-18(28)25(9-12)24-19(29)11-1-4-14(5-2-11)26(31)32/h1-6,8,12H,7,9-10H2,(H,23,27)(H,24,29)/t12-/m0/s1. The van der Waals surface area contributed by atoms with E-state index in [0.717, 1.165) is 17.1 Å². The van der Waals surface area contributed by atoms with Crippen molar-refractivity contribution in [3.8, 4) is 0 Å². The molecule has 3 amide bonds. The molecule has 3 rings (SSSR count). The molecule has 1 fully saturated rings. The number of hydrogen-bond acceptors (Lipinski definition) is 7. The summed E-state index contributed by atoms with van der Waals surface area (Å²) < 4.78 is 4.97. The number of halogens is 2. The zero-order valence-corrected chi connectivity index (χ0v) is 18.3. The molecule has 1 aliphatic rings. The lowest BCUT2D eigenvalue weighted by Gasteiger charge is -2.17. The number of nitro benzene ring substituents is 1. The van der Waals surface area contributed by atoms with Crippen molar-refractivity contribution in [1.29, 1.82) is 0 Å². The normalized spacial score (nSPS) is 15.2. The fraction of sp³-hybridized carbons (Fsp3) is 0.200. The highest BCUT2D eigenvalue weighted by atomic mass is 35.5. The summed E-state index contributed by atoms with van der Waals surface area (Å²) in [4.78, 5) is 58.7. The monoisotopic (exact) mass is 494 g/mol. The molecule has 0 bridgehead atoms. The van der Waals surface area contributed by atoms with Gasteiger partial charge in [0.1, 0.15) is 0 Å². The third-order valence-corrected chi connectivity index (χ3v) is 5.32. The van der Waals surface area contributed by atoms with E-state index in [2.05, 4.69) is 10.7 Å². The highest BCUT2D eigenvalue weighted by Crippen LogP contribution is 2.25. The number of non-ortho nitro benzene ring substituents is 1. The van der Waals surface area contributed by atoms with Crippen molar-refractivity contribution in [3.63, 3.8) is 0 Å². The second-order valence-corrected chi connectivity index (χ2v) is 7.75. The van der Waals surface area contributed by atoms with Crippen LogP contribution in [0.4, 0.5) is 11.4 Å². The first-order valence-corrected chi connectivity index (χ1v) is 10.2. The maximum absolute atomic E-state index is 12.3. The number of carbonyl (C=O) groups is 4. The highest BCUT2D eigenvalue weighted by molar-refractivity contribution is 6.42. The number of hydrazine groups is 1. The molecular weight excluding hydrogens is 479 g/mol. The topological polar surface area (TPSA) is 148 Å². The number of ether oxygens (including phenoxy) is 1. The van der Waals surface area contributed by atoms with Crippen LogP contribution < -0.4 is 10.7 Å². The summed E-state index contributed by atoms with van der Waals surface area (Å²) in [5.41, 5.74) is 2.62. The SMILES string of the molecule is O=C(COC(=O)[C@H]1CC(=O)N(NC(=O)c2ccc([N+](=O)[O-])cc2)C1)Nc1ccc(Cl)c(Cl)c1. The van der Waals surface area contributed by atoms with Crippen molar-refractivity contribution < 1.29 is 28.8 Å². The largest absolute Gasteiger partial charge is 0.455 e. The van der Waals surface area contributed by atoms with Crippen LogP contribution in [0, 0.1) is 16.0 Å². The van der Waals surface area contributed by atoms with Crippen molar-refractivity contribution in [2.45, 2.75) is 6.42 Å². The molecule has 11 nitrogen and oxygen atoms in total. The molecule has 33 heavy (non-hydrogen) atoms. The van der Waals surface area contributed by atoms with Crippen LogP contribution in [0.1, 0.15) is 16.8 Å². The molecule has 0 spiro atoms. The molecule has 1 heterocycles. The average Bonchev–Trinajstić information content (AvgIpc) is 3.15. The number of nitrogens with one attached hydrogen (secondary N) is 2. The van der Waals surface area contributed by atoms with Gasteiger partial charge in [-0.15, -0.1) is 0 Å². The van der Waals surface area contributed by atoms with Gasteiger partial charge >= 0.3 is 5.97 Å². The van der Waals surface area contributed by atoms with Gasteiger partial charge in [0.25, 0.3) is 17.5 Å². The number of nitrogens with zero attached hydrogens (tertiary/aromatic N) is 2. The van der Waals surface area contributed by atoms with Crippen molar-refractivity contribution in [3.05, 3.63) is 68.2 Å². The summed E-state index contributed by atoms with van der Waals surface area (Å²) in [6.07, 6.45) is -0.214. The third-order valence-electron chi connectivity index (χ3n) is 4.58. The molecule has 1 atom stereocenters. The molecule has 13 heteroatoms. The van der Waals surface area contributed by atoms with Gasteiger partial charge in [0.05, 0.1) is 27.4 Å². The first-order valence-electron chi connectivity index (χ1n) is 9.41. The molecular formula is C20H16Cl2N4O7. The third kappa shape index (κ3) is 6.18. The molecule has 1 saturated heterocycles. The number of rotatable bonds is 7. The number of amides is 3. The first-order chi connectivity index (χ1) is 15.6. The number of anilines is 1. The van der Waals surface area contributed by atoms with Crippen LogP contribution in [0.2, 0.25) is 10.0 Å². The second-order valence-electron chi connectivity index (χ2n) is 6.94. The van der Waals surface area contributed by atoms with Crippen LogP contribution in [0.15, 0.2) is 42.5 Å². The zero-order chi connectivity index (χ0) is 24.1. The summed E-state index contributed by atoms with van der Waals surface area (Å²) >= 11 is 11.7. The fourth-order valence-corrected chi connectivity index (χ4v) is 3.22. The lowest BCUT2D eigenvalue weighted by molar-refractivity contribution is -0.384. The van der Waals surface area contributed by atoms with Gasteiger partial charge in [0.15, 0.2) is 6.61 Å². The molecule has 0 unspecified atom stereocenters. The zero-order valence-electron chi connectivity index (χ0n) is 16.7. The minimum Gasteiger partial charge on any atom is -0.455 e. The lowest BCUT2D eigenvalue weighted by atomic mass is 10.1. The number of carbonyl (C=O) groups excluding carboxylic acids is 4. The Labute approximate surface area is 196 Å². The Bertz CT molecular complexity index is 1120. The summed E-state index contributed by atoms with van der Waals surface area (Å²) in [6, 6.07) is 9.25. The summed E-state index contributed by atoms with van der Waals surface area (Å²) in [6.45, 7) is -0.732. The van der Waals surface area contributed by atoms with Gasteiger partial charge in [-0.3, -0.25) is 39.7 Å². The molecule has 2 aromatic rings. The smallest absolute Gasteiger partial charge is 0.311 e. The van der Waals surface area contributed by atoms with Gasteiger partial charge in [0.2, 0.25) is 5.91 Å². The number of esters is 1. The highest BCUT2D eigenvalue weighted by Gasteiger charge is 2.36. The molecule has 1 aliphatic heterocycles. The summed E-state index contributed by atoms with van der Waals surface area (Å²) in [5.74, 6) is -3.47. The van der Waals surface area contributed by atoms with E-state index in [1.807, 2.05) is 0 Å². The summed E-state index contributed by atoms with van der Waals surface area (Å²) in [7, 11) is 0. The van der Waals surface area contributed by atoms with Crippen LogP contribution in [0.5, 0.6) is 0 Å². The minimum atomic E-state index is -0.882. The van der Waals surface area contributed by atoms with Crippen molar-refractivity contribution in [2.24, 2.45) is 5.92 Å². The molecule has 0 saturated carbocycles. The summed E-state index contributed by atoms with van der Waals surface area (Å²) in [5, 5.41) is 14.7. The van der Waals surface area contributed by atoms with Crippen molar-refractivity contribution >= 4 is 58.3 Å². The van der Waals surface area contributed by atoms with E-state index in [4.69, 9.17) is 27.9 Å². The Morgan fingerprint density at radius 2 is 1.82 bits per heavy atom. The van der Waals surface area contributed by atoms with E-state index < -0.39 is 41.1 Å². The van der Waals surface area contributed by atoms with Gasteiger partial charge in [-0.2, -0.15) is 0 Å². The Hall–Kier alpha value is -3.70. The minimum absolute atomic E-state index is 0.0957. The van der Waals surface area contributed by atoms with Crippen molar-refractivity contribution in [2.75, 3.05) is 18.5 Å². The Balaban J connectivity index is 1.48. The van der Waals surface area contributed by atoms with Gasteiger partial charge in [-0.25, -0.2) is 0 Å². The van der Waals surface area contributed by atoms with Gasteiger partial charge in [-0.05, 0) is 30.3 Å². The van der Waals surface area contributed by atoms with Gasteiger partial charge < -0.3 is 10.1 Å². The maximum atomic E-state index is 12.3. The number of benzene rings is 2. The van der Waals surface area contributed by atoms with E-state index in [9.17, 15) is 29.3 Å². The molecule has 0 aliphatic carbocycles. The van der Waals surface area contributed by atoms with E-state index in [1.54, 1.807) is 0 Å². The van der Waals surface area contributed by atoms with E-state index >= 15 is 0 Å². The van der Waals surface area contributed by atoms with Crippen LogP contribution in [-0.2, 0) is 19.1 Å². The molecule has 0 aromatic heterocycles. The second kappa shape index (κ2) is 10.3. The lowest BCUT2D eigenvalue weighted by Crippen LogP contribution is -2.43. The van der Waals surface area contributed by atoms with Crippen molar-refractivity contribution in [1.82, 2.24) is 10.4 Å². The molecule has 172 valence electrons. The number of nitro groups is 1. The molecule has 2 N–H and O–H groups in total. The molecule has 0 radical (unpaired) electrons. The Morgan fingerprint density at radius 3 is 2.45 bits per heavy atom.